The lowest BCUT2D eigenvalue weighted by Gasteiger charge is -2.35. The zero-order valence-corrected chi connectivity index (χ0v) is 20.1. The summed E-state index contributed by atoms with van der Waals surface area (Å²) >= 11 is 1.44. The van der Waals surface area contributed by atoms with Crippen LogP contribution in [0.5, 0.6) is 5.75 Å². The molecular weight excluding hydrogens is 446 g/mol. The molecule has 8 heteroatoms. The number of piperidine rings is 1. The van der Waals surface area contributed by atoms with Crippen LogP contribution in [0, 0.1) is 6.92 Å². The Balaban J connectivity index is 1.45. The average Bonchev–Trinajstić information content (AvgIpc) is 3.24. The second-order valence-electron chi connectivity index (χ2n) is 8.42. The first kappa shape index (κ1) is 22.3. The molecule has 4 heterocycles. The molecule has 0 saturated carbocycles. The summed E-state index contributed by atoms with van der Waals surface area (Å²) in [6.07, 6.45) is 8.27. The number of hydrogen-bond donors (Lipinski definition) is 1. The first-order valence-electron chi connectivity index (χ1n) is 11.5. The number of nitrogens with one attached hydrogen (secondary N) is 1. The molecule has 0 aliphatic carbocycles. The number of carbonyl (C=O) groups excluding carboxylic acids is 1. The lowest BCUT2D eigenvalue weighted by atomic mass is 9.96. The van der Waals surface area contributed by atoms with Crippen LogP contribution in [-0.4, -0.2) is 39.4 Å². The third kappa shape index (κ3) is 4.21. The zero-order valence-electron chi connectivity index (χ0n) is 19.3. The largest absolute Gasteiger partial charge is 0.496 e. The highest BCUT2D eigenvalue weighted by Gasteiger charge is 2.31. The highest BCUT2D eigenvalue weighted by atomic mass is 32.1. The number of thiophene rings is 1. The molecule has 1 unspecified atom stereocenters. The van der Waals surface area contributed by atoms with Gasteiger partial charge >= 0.3 is 0 Å². The number of anilines is 1. The highest BCUT2D eigenvalue weighted by molar-refractivity contribution is 7.20. The lowest BCUT2D eigenvalue weighted by molar-refractivity contribution is 0.0615. The van der Waals surface area contributed by atoms with Gasteiger partial charge in [0.25, 0.3) is 5.91 Å². The molecule has 1 atom stereocenters. The molecule has 0 spiro atoms. The fraction of sp³-hybridized carbons (Fsp3) is 0.308. The first-order valence-corrected chi connectivity index (χ1v) is 12.3. The number of benzene rings is 1. The van der Waals surface area contributed by atoms with E-state index in [-0.39, 0.29) is 11.9 Å². The number of carbonyl (C=O) groups is 1. The van der Waals surface area contributed by atoms with Crippen LogP contribution in [0.15, 0.2) is 55.1 Å². The third-order valence-electron chi connectivity index (χ3n) is 6.39. The maximum atomic E-state index is 13.8. The van der Waals surface area contributed by atoms with E-state index in [0.29, 0.717) is 6.54 Å². The molecule has 1 fully saturated rings. The number of ether oxygens (including phenoxy) is 1. The van der Waals surface area contributed by atoms with Crippen molar-refractivity contribution in [2.45, 2.75) is 38.8 Å². The van der Waals surface area contributed by atoms with E-state index in [1.807, 2.05) is 48.4 Å². The summed E-state index contributed by atoms with van der Waals surface area (Å²) in [4.78, 5) is 30.6. The Morgan fingerprint density at radius 3 is 2.91 bits per heavy atom. The minimum Gasteiger partial charge on any atom is -0.496 e. The fourth-order valence-electron chi connectivity index (χ4n) is 4.66. The summed E-state index contributed by atoms with van der Waals surface area (Å²) in [5.41, 5.74) is 3.05. The van der Waals surface area contributed by atoms with Crippen molar-refractivity contribution >= 4 is 33.3 Å². The zero-order chi connectivity index (χ0) is 23.5. The van der Waals surface area contributed by atoms with Gasteiger partial charge in [0.2, 0.25) is 0 Å². The van der Waals surface area contributed by atoms with E-state index in [1.54, 1.807) is 19.6 Å². The van der Waals surface area contributed by atoms with Gasteiger partial charge in [0.1, 0.15) is 22.7 Å². The van der Waals surface area contributed by atoms with Crippen LogP contribution >= 0.6 is 11.3 Å². The molecule has 34 heavy (non-hydrogen) atoms. The summed E-state index contributed by atoms with van der Waals surface area (Å²) in [6, 6.07) is 11.9. The number of rotatable bonds is 6. The topological polar surface area (TPSA) is 80.2 Å². The average molecular weight is 474 g/mol. The van der Waals surface area contributed by atoms with Crippen LogP contribution < -0.4 is 10.1 Å². The van der Waals surface area contributed by atoms with Gasteiger partial charge in [-0.1, -0.05) is 24.3 Å². The SMILES string of the molecule is COc1ccccc1CNc1ncnc2sc(C(=O)N3CCCCC3c3cccnc3)c(C)c12. The minimum absolute atomic E-state index is 0.0498. The van der Waals surface area contributed by atoms with Crippen molar-refractivity contribution < 1.29 is 9.53 Å². The summed E-state index contributed by atoms with van der Waals surface area (Å²) in [7, 11) is 1.67. The molecule has 7 nitrogen and oxygen atoms in total. The minimum atomic E-state index is 0.0498. The van der Waals surface area contributed by atoms with Crippen LogP contribution in [0.1, 0.15) is 51.7 Å². The van der Waals surface area contributed by atoms with E-state index in [4.69, 9.17) is 4.74 Å². The Morgan fingerprint density at radius 2 is 2.09 bits per heavy atom. The van der Waals surface area contributed by atoms with Crippen molar-refractivity contribution in [1.82, 2.24) is 19.9 Å². The Morgan fingerprint density at radius 1 is 1.21 bits per heavy atom. The van der Waals surface area contributed by atoms with Gasteiger partial charge in [-0.2, -0.15) is 0 Å². The van der Waals surface area contributed by atoms with Crippen LogP contribution in [0.4, 0.5) is 5.82 Å². The Labute approximate surface area is 202 Å². The summed E-state index contributed by atoms with van der Waals surface area (Å²) in [5, 5.41) is 4.33. The number of amides is 1. The molecule has 0 bridgehead atoms. The molecule has 1 N–H and O–H groups in total. The summed E-state index contributed by atoms with van der Waals surface area (Å²) in [6.45, 7) is 3.30. The van der Waals surface area contributed by atoms with E-state index in [2.05, 4.69) is 26.3 Å². The second-order valence-corrected chi connectivity index (χ2v) is 9.42. The van der Waals surface area contributed by atoms with Crippen molar-refractivity contribution in [2.75, 3.05) is 19.0 Å². The number of para-hydroxylation sites is 1. The van der Waals surface area contributed by atoms with Gasteiger partial charge in [-0.15, -0.1) is 11.3 Å². The second kappa shape index (κ2) is 9.77. The molecule has 0 radical (unpaired) electrons. The molecule has 1 saturated heterocycles. The first-order chi connectivity index (χ1) is 16.7. The number of aromatic nitrogens is 3. The lowest BCUT2D eigenvalue weighted by Crippen LogP contribution is -2.38. The molecule has 5 rings (SSSR count). The molecule has 3 aromatic heterocycles. The van der Waals surface area contributed by atoms with E-state index in [9.17, 15) is 4.79 Å². The maximum Gasteiger partial charge on any atom is 0.264 e. The normalized spacial score (nSPS) is 15.9. The molecule has 4 aromatic rings. The number of aryl methyl sites for hydroxylation is 1. The monoisotopic (exact) mass is 473 g/mol. The predicted octanol–water partition coefficient (Wildman–Crippen LogP) is 5.38. The van der Waals surface area contributed by atoms with Crippen LogP contribution in [0.3, 0.4) is 0 Å². The molecule has 1 aliphatic heterocycles. The number of nitrogens with zero attached hydrogens (tertiary/aromatic N) is 4. The smallest absolute Gasteiger partial charge is 0.264 e. The number of hydrogen-bond acceptors (Lipinski definition) is 7. The number of pyridine rings is 1. The highest BCUT2D eigenvalue weighted by Crippen LogP contribution is 2.38. The summed E-state index contributed by atoms with van der Waals surface area (Å²) < 4.78 is 5.47. The summed E-state index contributed by atoms with van der Waals surface area (Å²) in [5.74, 6) is 1.61. The number of methoxy groups -OCH3 is 1. The third-order valence-corrected chi connectivity index (χ3v) is 7.58. The van der Waals surface area contributed by atoms with Gasteiger partial charge in [-0.25, -0.2) is 9.97 Å². The van der Waals surface area contributed by atoms with E-state index in [0.717, 1.165) is 69.2 Å². The van der Waals surface area contributed by atoms with Gasteiger partial charge in [0.05, 0.1) is 23.4 Å². The van der Waals surface area contributed by atoms with Gasteiger partial charge in [-0.3, -0.25) is 9.78 Å². The van der Waals surface area contributed by atoms with Crippen molar-refractivity contribution in [2.24, 2.45) is 0 Å². The maximum absolute atomic E-state index is 13.8. The van der Waals surface area contributed by atoms with Crippen molar-refractivity contribution in [3.8, 4) is 5.75 Å². The quantitative estimate of drug-likeness (QED) is 0.405. The van der Waals surface area contributed by atoms with E-state index in [1.165, 1.54) is 11.3 Å². The molecule has 1 amide bonds. The van der Waals surface area contributed by atoms with Crippen LogP contribution in [-0.2, 0) is 6.54 Å². The van der Waals surface area contributed by atoms with Gasteiger partial charge in [0, 0.05) is 31.0 Å². The number of fused-ring (bicyclic) bond motifs is 1. The molecular formula is C26H27N5O2S. The predicted molar refractivity (Wildman–Crippen MR) is 134 cm³/mol. The number of likely N-dealkylation sites (tertiary alicyclic amines) is 1. The Bertz CT molecular complexity index is 1310. The molecule has 174 valence electrons. The van der Waals surface area contributed by atoms with E-state index >= 15 is 0 Å². The molecule has 1 aliphatic rings. The molecule has 1 aromatic carbocycles. The van der Waals surface area contributed by atoms with Crippen LogP contribution in [0.2, 0.25) is 0 Å². The Kier molecular flexibility index (Phi) is 6.40. The standard InChI is InChI=1S/C26H27N5O2S/c1-17-22-24(28-15-19-8-3-4-11-21(19)33-2)29-16-30-25(22)34-23(17)26(32)31-13-6-5-10-20(31)18-9-7-12-27-14-18/h3-4,7-9,11-12,14,16,20H,5-6,10,13,15H2,1-2H3,(H,28,29,30). The van der Waals surface area contributed by atoms with E-state index < -0.39 is 0 Å². The van der Waals surface area contributed by atoms with Crippen molar-refractivity contribution in [3.05, 3.63) is 76.7 Å². The van der Waals surface area contributed by atoms with Gasteiger partial charge < -0.3 is 15.0 Å². The van der Waals surface area contributed by atoms with Gasteiger partial charge in [0.15, 0.2) is 0 Å². The van der Waals surface area contributed by atoms with Crippen LogP contribution in [0.25, 0.3) is 10.2 Å². The van der Waals surface area contributed by atoms with Gasteiger partial charge in [-0.05, 0) is 49.4 Å². The van der Waals surface area contributed by atoms with Crippen molar-refractivity contribution in [1.29, 1.82) is 0 Å². The van der Waals surface area contributed by atoms with Crippen molar-refractivity contribution in [3.63, 3.8) is 0 Å². The Hall–Kier alpha value is -3.52. The fourth-order valence-corrected chi connectivity index (χ4v) is 5.77.